The molecule has 8 heteroatoms. The Bertz CT molecular complexity index is 1180. The Morgan fingerprint density at radius 2 is 1.88 bits per heavy atom. The Kier molecular flexibility index (Phi) is 2.97. The van der Waals surface area contributed by atoms with E-state index in [2.05, 4.69) is 9.71 Å². The van der Waals surface area contributed by atoms with Crippen LogP contribution >= 0.6 is 0 Å². The normalized spacial score (nSPS) is 15.4. The molecule has 3 aromatic rings. The summed E-state index contributed by atoms with van der Waals surface area (Å²) in [7, 11) is -3.94. The van der Waals surface area contributed by atoms with Crippen molar-refractivity contribution < 1.29 is 17.9 Å². The fourth-order valence-electron chi connectivity index (χ4n) is 2.52. The molecule has 0 aliphatic carbocycles. The van der Waals surface area contributed by atoms with Crippen molar-refractivity contribution in [2.45, 2.75) is 4.90 Å². The Hall–Kier alpha value is -3.13. The second-order valence-corrected chi connectivity index (χ2v) is 6.75. The molecule has 120 valence electrons. The van der Waals surface area contributed by atoms with Crippen molar-refractivity contribution in [1.82, 2.24) is 0 Å². The summed E-state index contributed by atoms with van der Waals surface area (Å²) in [6.45, 7) is 0. The summed E-state index contributed by atoms with van der Waals surface area (Å²) in [5, 5.41) is 13.0. The summed E-state index contributed by atoms with van der Waals surface area (Å²) in [6.07, 6.45) is 0. The third kappa shape index (κ3) is 2.16. The molecule has 7 nitrogen and oxygen atoms in total. The molecule has 1 aliphatic heterocycles. The van der Waals surface area contributed by atoms with E-state index in [1.807, 2.05) is 0 Å². The lowest BCUT2D eigenvalue weighted by atomic mass is 10.1. The van der Waals surface area contributed by atoms with Gasteiger partial charge in [-0.15, -0.1) is 4.40 Å². The number of phenolic OH excluding ortho intramolecular Hbond substituents is 1. The maximum atomic E-state index is 12.3. The number of anilines is 1. The van der Waals surface area contributed by atoms with E-state index in [0.29, 0.717) is 5.69 Å². The standard InChI is InChI=1S/C16H10N2O5S/c19-12-5-3-6-13-9(12)8-10(16(20)23-13)15-17-11-4-1-2-7-14(11)24(21,22)18-15/h1-8,19H,(H,17,18). The zero-order chi connectivity index (χ0) is 16.9. The summed E-state index contributed by atoms with van der Waals surface area (Å²) in [6, 6.07) is 12.1. The van der Waals surface area contributed by atoms with Crippen molar-refractivity contribution in [3.05, 3.63) is 64.5 Å². The number of sulfonamides is 1. The highest BCUT2D eigenvalue weighted by molar-refractivity contribution is 7.90. The molecule has 24 heavy (non-hydrogen) atoms. The Labute approximate surface area is 135 Å². The van der Waals surface area contributed by atoms with Crippen molar-refractivity contribution in [2.75, 3.05) is 5.32 Å². The minimum absolute atomic E-state index is 0.0294. The molecule has 0 saturated carbocycles. The smallest absolute Gasteiger partial charge is 0.347 e. The minimum Gasteiger partial charge on any atom is -0.507 e. The Balaban J connectivity index is 1.96. The number of phenols is 1. The van der Waals surface area contributed by atoms with Crippen molar-refractivity contribution in [3.63, 3.8) is 0 Å². The summed E-state index contributed by atoms with van der Waals surface area (Å²) in [5.41, 5.74) is -0.321. The van der Waals surface area contributed by atoms with E-state index in [9.17, 15) is 18.3 Å². The highest BCUT2D eigenvalue weighted by Gasteiger charge is 2.27. The van der Waals surface area contributed by atoms with Crippen LogP contribution in [0.2, 0.25) is 0 Å². The van der Waals surface area contributed by atoms with Gasteiger partial charge in [-0.1, -0.05) is 18.2 Å². The summed E-state index contributed by atoms with van der Waals surface area (Å²) in [5.74, 6) is -0.232. The maximum absolute atomic E-state index is 12.3. The molecule has 0 bridgehead atoms. The Morgan fingerprint density at radius 3 is 2.71 bits per heavy atom. The number of para-hydroxylation sites is 1. The molecule has 4 rings (SSSR count). The predicted molar refractivity (Wildman–Crippen MR) is 87.9 cm³/mol. The number of hydrogen-bond donors (Lipinski definition) is 2. The van der Waals surface area contributed by atoms with Crippen LogP contribution in [-0.2, 0) is 10.0 Å². The Morgan fingerprint density at radius 1 is 1.08 bits per heavy atom. The third-order valence-electron chi connectivity index (χ3n) is 3.64. The van der Waals surface area contributed by atoms with Crippen molar-refractivity contribution in [2.24, 2.45) is 4.40 Å². The van der Waals surface area contributed by atoms with Crippen LogP contribution in [0.3, 0.4) is 0 Å². The molecule has 1 aliphatic rings. The van der Waals surface area contributed by atoms with Gasteiger partial charge < -0.3 is 14.8 Å². The van der Waals surface area contributed by atoms with E-state index in [1.165, 1.54) is 30.3 Å². The lowest BCUT2D eigenvalue weighted by Gasteiger charge is -2.17. The zero-order valence-electron chi connectivity index (χ0n) is 12.1. The van der Waals surface area contributed by atoms with E-state index in [0.717, 1.165) is 0 Å². The number of rotatable bonds is 1. The molecule has 0 atom stereocenters. The highest BCUT2D eigenvalue weighted by Crippen LogP contribution is 2.29. The molecule has 2 aromatic carbocycles. The van der Waals surface area contributed by atoms with Crippen LogP contribution in [0.5, 0.6) is 5.75 Å². The van der Waals surface area contributed by atoms with Crippen molar-refractivity contribution in [3.8, 4) is 5.75 Å². The predicted octanol–water partition coefficient (Wildman–Crippen LogP) is 2.06. The van der Waals surface area contributed by atoms with E-state index < -0.39 is 15.6 Å². The second kappa shape index (κ2) is 4.93. The molecule has 0 spiro atoms. The highest BCUT2D eigenvalue weighted by atomic mass is 32.2. The second-order valence-electron chi connectivity index (χ2n) is 5.17. The number of hydrogen-bond acceptors (Lipinski definition) is 6. The molecule has 0 radical (unpaired) electrons. The van der Waals surface area contributed by atoms with Gasteiger partial charge in [0.15, 0.2) is 5.84 Å². The monoisotopic (exact) mass is 342 g/mol. The van der Waals surface area contributed by atoms with E-state index in [-0.39, 0.29) is 33.0 Å². The lowest BCUT2D eigenvalue weighted by molar-refractivity contribution is 0.479. The molecular formula is C16H10N2O5S. The molecular weight excluding hydrogens is 332 g/mol. The number of amidine groups is 1. The van der Waals surface area contributed by atoms with E-state index in [1.54, 1.807) is 18.2 Å². The van der Waals surface area contributed by atoms with Crippen LogP contribution in [0.4, 0.5) is 5.69 Å². The summed E-state index contributed by atoms with van der Waals surface area (Å²) in [4.78, 5) is 12.2. The van der Waals surface area contributed by atoms with E-state index >= 15 is 0 Å². The van der Waals surface area contributed by atoms with Crippen molar-refractivity contribution in [1.29, 1.82) is 0 Å². The van der Waals surface area contributed by atoms with Gasteiger partial charge in [0.05, 0.1) is 11.1 Å². The molecule has 0 amide bonds. The number of fused-ring (bicyclic) bond motifs is 2. The summed E-state index contributed by atoms with van der Waals surface area (Å²) >= 11 is 0. The molecule has 1 aromatic heterocycles. The van der Waals surface area contributed by atoms with Crippen LogP contribution in [0.25, 0.3) is 11.0 Å². The molecule has 0 saturated heterocycles. The van der Waals surface area contributed by atoms with Gasteiger partial charge in [-0.05, 0) is 30.3 Å². The fraction of sp³-hybridized carbons (Fsp3) is 0. The average Bonchev–Trinajstić information content (AvgIpc) is 2.54. The molecule has 0 unspecified atom stereocenters. The van der Waals surface area contributed by atoms with Gasteiger partial charge in [0.25, 0.3) is 10.0 Å². The molecule has 0 fully saturated rings. The largest absolute Gasteiger partial charge is 0.507 e. The van der Waals surface area contributed by atoms with Crippen LogP contribution in [0.15, 0.2) is 67.0 Å². The SMILES string of the molecule is O=c1oc2cccc(O)c2cc1C1=NS(=O)(=O)c2ccccc2N1. The maximum Gasteiger partial charge on any atom is 0.347 e. The molecule has 2 N–H and O–H groups in total. The zero-order valence-corrected chi connectivity index (χ0v) is 12.9. The number of nitrogens with zero attached hydrogens (tertiary/aromatic N) is 1. The molecule has 2 heterocycles. The minimum atomic E-state index is -3.94. The van der Waals surface area contributed by atoms with Gasteiger partial charge in [0.1, 0.15) is 21.8 Å². The van der Waals surface area contributed by atoms with Crippen LogP contribution in [-0.4, -0.2) is 19.4 Å². The van der Waals surface area contributed by atoms with Crippen LogP contribution in [0, 0.1) is 0 Å². The van der Waals surface area contributed by atoms with Crippen LogP contribution < -0.4 is 10.9 Å². The van der Waals surface area contributed by atoms with Crippen molar-refractivity contribution >= 4 is 32.5 Å². The number of benzene rings is 2. The fourth-order valence-corrected chi connectivity index (χ4v) is 3.65. The number of nitrogens with one attached hydrogen (secondary N) is 1. The van der Waals surface area contributed by atoms with Crippen LogP contribution in [0.1, 0.15) is 5.56 Å². The first kappa shape index (κ1) is 14.5. The summed E-state index contributed by atoms with van der Waals surface area (Å²) < 4.78 is 33.4. The topological polar surface area (TPSA) is 109 Å². The van der Waals surface area contributed by atoms with Gasteiger partial charge in [0, 0.05) is 0 Å². The average molecular weight is 342 g/mol. The van der Waals surface area contributed by atoms with Gasteiger partial charge in [0.2, 0.25) is 0 Å². The number of aromatic hydroxyl groups is 1. The van der Waals surface area contributed by atoms with Gasteiger partial charge >= 0.3 is 5.63 Å². The van der Waals surface area contributed by atoms with Gasteiger partial charge in [-0.2, -0.15) is 8.42 Å². The first-order chi connectivity index (χ1) is 11.5. The third-order valence-corrected chi connectivity index (χ3v) is 4.97. The van der Waals surface area contributed by atoms with Gasteiger partial charge in [-0.25, -0.2) is 4.79 Å². The first-order valence-corrected chi connectivity index (χ1v) is 8.37. The van der Waals surface area contributed by atoms with E-state index in [4.69, 9.17) is 4.42 Å². The van der Waals surface area contributed by atoms with Gasteiger partial charge in [-0.3, -0.25) is 0 Å². The quantitative estimate of drug-likeness (QED) is 0.655. The first-order valence-electron chi connectivity index (χ1n) is 6.93. The lowest BCUT2D eigenvalue weighted by Crippen LogP contribution is -2.27.